The molecule has 26 heavy (non-hydrogen) atoms. The molecule has 3 nitrogen and oxygen atoms in total. The Balaban J connectivity index is 1.62. The lowest BCUT2D eigenvalue weighted by atomic mass is 10.1. The maximum absolute atomic E-state index is 12.1. The van der Waals surface area contributed by atoms with Gasteiger partial charge in [0.25, 0.3) is 0 Å². The number of para-hydroxylation sites is 1. The van der Waals surface area contributed by atoms with E-state index in [2.05, 4.69) is 70.5 Å². The summed E-state index contributed by atoms with van der Waals surface area (Å²) in [7, 11) is 0. The Kier molecular flexibility index (Phi) is 3.52. The first-order valence-electron chi connectivity index (χ1n) is 9.15. The van der Waals surface area contributed by atoms with Crippen molar-refractivity contribution in [3.05, 3.63) is 78.4 Å². The van der Waals surface area contributed by atoms with Gasteiger partial charge in [-0.25, -0.2) is 0 Å². The van der Waals surface area contributed by atoms with Gasteiger partial charge in [0.2, 0.25) is 5.91 Å². The quantitative estimate of drug-likeness (QED) is 0.545. The van der Waals surface area contributed by atoms with Crippen molar-refractivity contribution in [1.29, 1.82) is 0 Å². The number of nitrogens with zero attached hydrogens (tertiary/aromatic N) is 1. The summed E-state index contributed by atoms with van der Waals surface area (Å²) in [5, 5.41) is 5.48. The van der Waals surface area contributed by atoms with E-state index in [1.807, 2.05) is 12.1 Å². The number of anilines is 1. The molecule has 0 aliphatic heterocycles. The number of aromatic nitrogens is 1. The third-order valence-corrected chi connectivity index (χ3v) is 5.17. The summed E-state index contributed by atoms with van der Waals surface area (Å²) in [6.45, 7) is 0.832. The molecule has 0 atom stereocenters. The van der Waals surface area contributed by atoms with Gasteiger partial charge in [-0.2, -0.15) is 0 Å². The molecule has 1 fully saturated rings. The topological polar surface area (TPSA) is 34.0 Å². The van der Waals surface area contributed by atoms with Crippen molar-refractivity contribution in [2.45, 2.75) is 19.4 Å². The Bertz CT molecular complexity index is 1110. The van der Waals surface area contributed by atoms with Gasteiger partial charge in [0.1, 0.15) is 0 Å². The Morgan fingerprint density at radius 2 is 1.62 bits per heavy atom. The van der Waals surface area contributed by atoms with Crippen LogP contribution in [0.1, 0.15) is 18.4 Å². The summed E-state index contributed by atoms with van der Waals surface area (Å²) in [5.74, 6) is 0.363. The maximum Gasteiger partial charge on any atom is 0.227 e. The van der Waals surface area contributed by atoms with Gasteiger partial charge in [0, 0.05) is 40.0 Å². The molecule has 5 rings (SSSR count). The number of benzene rings is 3. The number of carbonyl (C=O) groups is 1. The summed E-state index contributed by atoms with van der Waals surface area (Å²) in [6.07, 6.45) is 2.04. The number of hydrogen-bond donors (Lipinski definition) is 1. The molecule has 0 bridgehead atoms. The van der Waals surface area contributed by atoms with E-state index >= 15 is 0 Å². The van der Waals surface area contributed by atoms with E-state index in [0.29, 0.717) is 0 Å². The minimum atomic E-state index is 0.150. The van der Waals surface area contributed by atoms with Crippen LogP contribution in [0.15, 0.2) is 72.8 Å². The molecule has 1 aromatic heterocycles. The second-order valence-electron chi connectivity index (χ2n) is 7.08. The third-order valence-electron chi connectivity index (χ3n) is 5.17. The van der Waals surface area contributed by atoms with Crippen LogP contribution in [0.2, 0.25) is 0 Å². The van der Waals surface area contributed by atoms with Crippen molar-refractivity contribution in [1.82, 2.24) is 4.57 Å². The number of nitrogens with one attached hydrogen (secondary N) is 1. The van der Waals surface area contributed by atoms with Crippen LogP contribution < -0.4 is 5.32 Å². The third kappa shape index (κ3) is 2.66. The van der Waals surface area contributed by atoms with Crippen LogP contribution >= 0.6 is 0 Å². The van der Waals surface area contributed by atoms with Crippen LogP contribution in [0.5, 0.6) is 0 Å². The molecule has 0 saturated heterocycles. The molecule has 1 heterocycles. The molecule has 3 heteroatoms. The van der Waals surface area contributed by atoms with Gasteiger partial charge in [-0.15, -0.1) is 0 Å². The second-order valence-corrected chi connectivity index (χ2v) is 7.08. The molecule has 0 radical (unpaired) electrons. The van der Waals surface area contributed by atoms with Crippen molar-refractivity contribution < 1.29 is 4.79 Å². The lowest BCUT2D eigenvalue weighted by Gasteiger charge is -2.08. The van der Waals surface area contributed by atoms with E-state index in [1.165, 1.54) is 27.4 Å². The molecule has 3 aromatic carbocycles. The first-order valence-corrected chi connectivity index (χ1v) is 9.15. The highest BCUT2D eigenvalue weighted by atomic mass is 16.2. The SMILES string of the molecule is O=C(Nc1ccc2c(c1)c1ccccc1n2Cc1ccccc1)C1CC1. The fourth-order valence-corrected chi connectivity index (χ4v) is 3.66. The zero-order valence-electron chi connectivity index (χ0n) is 14.5. The Morgan fingerprint density at radius 3 is 2.42 bits per heavy atom. The Morgan fingerprint density at radius 1 is 0.885 bits per heavy atom. The molecule has 128 valence electrons. The smallest absolute Gasteiger partial charge is 0.227 e. The summed E-state index contributed by atoms with van der Waals surface area (Å²) in [5.41, 5.74) is 4.58. The standard InChI is InChI=1S/C23H20N2O/c26-23(17-10-11-17)24-18-12-13-22-20(14-18)19-8-4-5-9-21(19)25(22)15-16-6-2-1-3-7-16/h1-9,12-14,17H,10-11,15H2,(H,24,26). The van der Waals surface area contributed by atoms with E-state index in [-0.39, 0.29) is 11.8 Å². The lowest BCUT2D eigenvalue weighted by molar-refractivity contribution is -0.117. The van der Waals surface area contributed by atoms with Gasteiger partial charge in [0.15, 0.2) is 0 Å². The average molecular weight is 340 g/mol. The number of fused-ring (bicyclic) bond motifs is 3. The zero-order valence-corrected chi connectivity index (χ0v) is 14.5. The number of rotatable bonds is 4. The van der Waals surface area contributed by atoms with Gasteiger partial charge in [-0.05, 0) is 42.7 Å². The molecule has 0 spiro atoms. The largest absolute Gasteiger partial charge is 0.336 e. The molecule has 4 aromatic rings. The van der Waals surface area contributed by atoms with Gasteiger partial charge < -0.3 is 9.88 Å². The highest BCUT2D eigenvalue weighted by molar-refractivity contribution is 6.10. The van der Waals surface area contributed by atoms with Gasteiger partial charge in [0.05, 0.1) is 0 Å². The molecule has 1 amide bonds. The predicted octanol–water partition coefficient (Wildman–Crippen LogP) is 5.19. The maximum atomic E-state index is 12.1. The average Bonchev–Trinajstić information content (AvgIpc) is 3.49. The zero-order chi connectivity index (χ0) is 17.5. The fraction of sp³-hybridized carbons (Fsp3) is 0.174. The van der Waals surface area contributed by atoms with E-state index in [0.717, 1.165) is 25.1 Å². The number of hydrogen-bond acceptors (Lipinski definition) is 1. The van der Waals surface area contributed by atoms with Crippen LogP contribution in [0, 0.1) is 5.92 Å². The van der Waals surface area contributed by atoms with Crippen molar-refractivity contribution in [2.75, 3.05) is 5.32 Å². The number of carbonyl (C=O) groups excluding carboxylic acids is 1. The van der Waals surface area contributed by atoms with Crippen LogP contribution in [-0.4, -0.2) is 10.5 Å². The highest BCUT2D eigenvalue weighted by Gasteiger charge is 2.29. The van der Waals surface area contributed by atoms with E-state index in [4.69, 9.17) is 0 Å². The molecule has 1 aliphatic carbocycles. The molecule has 0 unspecified atom stereocenters. The van der Waals surface area contributed by atoms with Gasteiger partial charge in [-0.1, -0.05) is 48.5 Å². The number of amides is 1. The minimum Gasteiger partial charge on any atom is -0.336 e. The predicted molar refractivity (Wildman–Crippen MR) is 106 cm³/mol. The van der Waals surface area contributed by atoms with Crippen LogP contribution in [0.3, 0.4) is 0 Å². The minimum absolute atomic E-state index is 0.150. The Hall–Kier alpha value is -3.07. The van der Waals surface area contributed by atoms with Crippen LogP contribution in [-0.2, 0) is 11.3 Å². The van der Waals surface area contributed by atoms with Crippen molar-refractivity contribution in [2.24, 2.45) is 5.92 Å². The van der Waals surface area contributed by atoms with E-state index in [9.17, 15) is 4.79 Å². The van der Waals surface area contributed by atoms with Crippen molar-refractivity contribution in [3.8, 4) is 0 Å². The summed E-state index contributed by atoms with van der Waals surface area (Å²) in [4.78, 5) is 12.1. The van der Waals surface area contributed by atoms with E-state index in [1.54, 1.807) is 0 Å². The first kappa shape index (κ1) is 15.2. The normalized spacial score (nSPS) is 14.0. The summed E-state index contributed by atoms with van der Waals surface area (Å²) in [6, 6.07) is 25.3. The molecule has 1 N–H and O–H groups in total. The second kappa shape index (κ2) is 6.03. The molecular weight excluding hydrogens is 320 g/mol. The summed E-state index contributed by atoms with van der Waals surface area (Å²) >= 11 is 0. The van der Waals surface area contributed by atoms with Crippen LogP contribution in [0.25, 0.3) is 21.8 Å². The summed E-state index contributed by atoms with van der Waals surface area (Å²) < 4.78 is 2.35. The molecular formula is C23H20N2O. The first-order chi connectivity index (χ1) is 12.8. The monoisotopic (exact) mass is 340 g/mol. The Labute approximate surface area is 152 Å². The van der Waals surface area contributed by atoms with Gasteiger partial charge >= 0.3 is 0 Å². The molecule has 1 aliphatic rings. The van der Waals surface area contributed by atoms with Crippen LogP contribution in [0.4, 0.5) is 5.69 Å². The molecule has 1 saturated carbocycles. The highest BCUT2D eigenvalue weighted by Crippen LogP contribution is 2.33. The lowest BCUT2D eigenvalue weighted by Crippen LogP contribution is -2.13. The van der Waals surface area contributed by atoms with Gasteiger partial charge in [-0.3, -0.25) is 4.79 Å². The van der Waals surface area contributed by atoms with Crippen molar-refractivity contribution in [3.63, 3.8) is 0 Å². The van der Waals surface area contributed by atoms with E-state index < -0.39 is 0 Å². The fourth-order valence-electron chi connectivity index (χ4n) is 3.66. The van der Waals surface area contributed by atoms with Crippen molar-refractivity contribution >= 4 is 33.4 Å².